The van der Waals surface area contributed by atoms with E-state index in [1.54, 1.807) is 0 Å². The van der Waals surface area contributed by atoms with Crippen LogP contribution in [0.4, 0.5) is 0 Å². The molecule has 4 heteroatoms. The lowest BCUT2D eigenvalue weighted by Gasteiger charge is -2.22. The topological polar surface area (TPSA) is 41.6 Å². The molecule has 0 saturated carbocycles. The zero-order chi connectivity index (χ0) is 19.5. The second-order valence-electron chi connectivity index (χ2n) is 7.59. The highest BCUT2D eigenvalue weighted by Crippen LogP contribution is 2.20. The Labute approximate surface area is 160 Å². The van der Waals surface area contributed by atoms with Crippen molar-refractivity contribution in [1.29, 1.82) is 0 Å². The summed E-state index contributed by atoms with van der Waals surface area (Å²) in [5.41, 5.74) is 2.26. The highest BCUT2D eigenvalue weighted by Gasteiger charge is 2.22. The van der Waals surface area contributed by atoms with Crippen LogP contribution < -0.4 is 5.32 Å². The van der Waals surface area contributed by atoms with Crippen molar-refractivity contribution in [3.8, 4) is 0 Å². The summed E-state index contributed by atoms with van der Waals surface area (Å²) in [6, 6.07) is 7.92. The molecule has 0 aliphatic heterocycles. The molecule has 1 atom stereocenters. The van der Waals surface area contributed by atoms with Gasteiger partial charge in [-0.15, -0.1) is 0 Å². The second kappa shape index (κ2) is 12.1. The fourth-order valence-corrected chi connectivity index (χ4v) is 2.80. The van der Waals surface area contributed by atoms with E-state index in [1.807, 2.05) is 12.1 Å². The van der Waals surface area contributed by atoms with Crippen molar-refractivity contribution < 1.29 is 9.53 Å². The van der Waals surface area contributed by atoms with Crippen LogP contribution in [-0.4, -0.2) is 43.7 Å². The molecule has 0 saturated heterocycles. The smallest absolute Gasteiger partial charge is 0.327 e. The first kappa shape index (κ1) is 22.7. The van der Waals surface area contributed by atoms with Crippen molar-refractivity contribution in [2.75, 3.05) is 32.8 Å². The largest absolute Gasteiger partial charge is 0.464 e. The van der Waals surface area contributed by atoms with Crippen molar-refractivity contribution in [1.82, 2.24) is 10.2 Å². The van der Waals surface area contributed by atoms with Gasteiger partial charge in [0, 0.05) is 13.1 Å². The Bertz CT molecular complexity index is 507. The lowest BCUT2D eigenvalue weighted by Crippen LogP contribution is -2.37. The predicted molar refractivity (Wildman–Crippen MR) is 109 cm³/mol. The second-order valence-corrected chi connectivity index (χ2v) is 7.59. The van der Waals surface area contributed by atoms with E-state index in [0.29, 0.717) is 18.4 Å². The molecule has 0 heterocycles. The third-order valence-corrected chi connectivity index (χ3v) is 4.78. The highest BCUT2D eigenvalue weighted by atomic mass is 16.5. The van der Waals surface area contributed by atoms with Crippen LogP contribution in [0.2, 0.25) is 0 Å². The van der Waals surface area contributed by atoms with Crippen LogP contribution in [0.5, 0.6) is 0 Å². The van der Waals surface area contributed by atoms with Crippen LogP contribution in [0.1, 0.15) is 71.0 Å². The maximum Gasteiger partial charge on any atom is 0.327 e. The van der Waals surface area contributed by atoms with E-state index in [-0.39, 0.29) is 5.97 Å². The van der Waals surface area contributed by atoms with E-state index in [9.17, 15) is 4.79 Å². The van der Waals surface area contributed by atoms with Crippen molar-refractivity contribution >= 4 is 5.97 Å². The Morgan fingerprint density at radius 2 is 1.62 bits per heavy atom. The van der Waals surface area contributed by atoms with Crippen LogP contribution in [-0.2, 0) is 9.53 Å². The van der Waals surface area contributed by atoms with Crippen molar-refractivity contribution in [3.63, 3.8) is 0 Å². The summed E-state index contributed by atoms with van der Waals surface area (Å²) in [6.07, 6.45) is 0.893. The molecule has 0 aliphatic rings. The van der Waals surface area contributed by atoms with Crippen LogP contribution in [0, 0.1) is 5.92 Å². The molecular formula is C22H38N2O2. The van der Waals surface area contributed by atoms with E-state index in [4.69, 9.17) is 4.74 Å². The number of nitrogens with one attached hydrogen (secondary N) is 1. The van der Waals surface area contributed by atoms with E-state index in [2.05, 4.69) is 63.9 Å². The van der Waals surface area contributed by atoms with Gasteiger partial charge in [0.05, 0.1) is 6.61 Å². The molecule has 1 unspecified atom stereocenters. The van der Waals surface area contributed by atoms with E-state index in [1.165, 1.54) is 5.56 Å². The van der Waals surface area contributed by atoms with Crippen LogP contribution >= 0.6 is 0 Å². The minimum atomic E-state index is -0.404. The predicted octanol–water partition coefficient (Wildman–Crippen LogP) is 4.37. The Balaban J connectivity index is 2.77. The number of hydrogen-bond donors (Lipinski definition) is 1. The molecule has 1 aromatic carbocycles. The normalized spacial score (nSPS) is 12.8. The summed E-state index contributed by atoms with van der Waals surface area (Å²) in [7, 11) is 0. The quantitative estimate of drug-likeness (QED) is 0.561. The van der Waals surface area contributed by atoms with E-state index < -0.39 is 6.04 Å². The maximum absolute atomic E-state index is 12.7. The molecule has 1 N–H and O–H groups in total. The van der Waals surface area contributed by atoms with Gasteiger partial charge in [-0.2, -0.15) is 0 Å². The van der Waals surface area contributed by atoms with Crippen LogP contribution in [0.3, 0.4) is 0 Å². The fraction of sp³-hybridized carbons (Fsp3) is 0.682. The van der Waals surface area contributed by atoms with Gasteiger partial charge in [-0.3, -0.25) is 5.32 Å². The first-order chi connectivity index (χ1) is 12.4. The van der Waals surface area contributed by atoms with Crippen LogP contribution in [0.15, 0.2) is 24.3 Å². The van der Waals surface area contributed by atoms with Crippen molar-refractivity contribution in [2.45, 2.75) is 59.9 Å². The van der Waals surface area contributed by atoms with Crippen molar-refractivity contribution in [2.24, 2.45) is 5.92 Å². The third-order valence-electron chi connectivity index (χ3n) is 4.78. The number of carbonyl (C=O) groups is 1. The fourth-order valence-electron chi connectivity index (χ4n) is 2.80. The lowest BCUT2D eigenvalue weighted by molar-refractivity contribution is -0.146. The molecule has 0 amide bonds. The highest BCUT2D eigenvalue weighted by molar-refractivity contribution is 5.77. The molecule has 0 spiro atoms. The Morgan fingerprint density at radius 3 is 2.12 bits per heavy atom. The number of esters is 1. The van der Waals surface area contributed by atoms with Gasteiger partial charge in [0.15, 0.2) is 0 Å². The Morgan fingerprint density at radius 1 is 1.04 bits per heavy atom. The van der Waals surface area contributed by atoms with Gasteiger partial charge >= 0.3 is 5.97 Å². The number of carbonyl (C=O) groups excluding carboxylic acids is 1. The molecule has 0 radical (unpaired) electrons. The minimum absolute atomic E-state index is 0.178. The first-order valence-electron chi connectivity index (χ1n) is 10.1. The summed E-state index contributed by atoms with van der Waals surface area (Å²) in [4.78, 5) is 15.0. The molecule has 0 fully saturated rings. The Hall–Kier alpha value is -1.39. The lowest BCUT2D eigenvalue weighted by atomic mass is 9.99. The van der Waals surface area contributed by atoms with Gasteiger partial charge in [0.2, 0.25) is 0 Å². The Kier molecular flexibility index (Phi) is 10.5. The minimum Gasteiger partial charge on any atom is -0.464 e. The maximum atomic E-state index is 12.7. The van der Waals surface area contributed by atoms with E-state index in [0.717, 1.165) is 38.2 Å². The number of rotatable bonds is 12. The van der Waals surface area contributed by atoms with Gasteiger partial charge in [0.25, 0.3) is 0 Å². The summed E-state index contributed by atoms with van der Waals surface area (Å²) >= 11 is 0. The van der Waals surface area contributed by atoms with Gasteiger partial charge in [-0.05, 0) is 42.5 Å². The monoisotopic (exact) mass is 362 g/mol. The molecule has 26 heavy (non-hydrogen) atoms. The van der Waals surface area contributed by atoms with Crippen molar-refractivity contribution in [3.05, 3.63) is 35.4 Å². The zero-order valence-corrected chi connectivity index (χ0v) is 17.5. The number of benzene rings is 1. The first-order valence-corrected chi connectivity index (χ1v) is 10.1. The van der Waals surface area contributed by atoms with Gasteiger partial charge < -0.3 is 9.64 Å². The SMILES string of the molecule is CCN(CC)CCNC(C(=O)OCCC(C)C)c1ccc(C(C)C)cc1. The molecule has 1 aromatic rings. The number of hydrogen-bond acceptors (Lipinski definition) is 4. The van der Waals surface area contributed by atoms with E-state index >= 15 is 0 Å². The van der Waals surface area contributed by atoms with Gasteiger partial charge in [-0.1, -0.05) is 65.8 Å². The molecule has 1 rings (SSSR count). The molecular weight excluding hydrogens is 324 g/mol. The van der Waals surface area contributed by atoms with Crippen LogP contribution in [0.25, 0.3) is 0 Å². The molecule has 148 valence electrons. The molecule has 0 aromatic heterocycles. The number of ether oxygens (including phenoxy) is 1. The summed E-state index contributed by atoms with van der Waals surface area (Å²) in [5.74, 6) is 0.834. The summed E-state index contributed by atoms with van der Waals surface area (Å²) in [5, 5.41) is 3.41. The zero-order valence-electron chi connectivity index (χ0n) is 17.5. The summed E-state index contributed by atoms with van der Waals surface area (Å²) < 4.78 is 5.54. The van der Waals surface area contributed by atoms with Gasteiger partial charge in [0.1, 0.15) is 6.04 Å². The molecule has 0 bridgehead atoms. The summed E-state index contributed by atoms with van der Waals surface area (Å²) in [6.45, 7) is 17.1. The molecule has 4 nitrogen and oxygen atoms in total. The standard InChI is InChI=1S/C22H38N2O2/c1-7-24(8-2)15-14-23-21(22(25)26-16-13-17(3)4)20-11-9-19(10-12-20)18(5)6/h9-12,17-18,21,23H,7-8,13-16H2,1-6H3. The average molecular weight is 363 g/mol. The average Bonchev–Trinajstić information content (AvgIpc) is 2.61. The number of nitrogens with zero attached hydrogens (tertiary/aromatic N) is 1. The molecule has 0 aliphatic carbocycles. The van der Waals surface area contributed by atoms with Gasteiger partial charge in [-0.25, -0.2) is 4.79 Å². The third kappa shape index (κ3) is 7.88. The number of likely N-dealkylation sites (N-methyl/N-ethyl adjacent to an activating group) is 1.